The van der Waals surface area contributed by atoms with Crippen molar-refractivity contribution in [3.63, 3.8) is 0 Å². The van der Waals surface area contributed by atoms with Crippen LogP contribution >= 0.6 is 15.9 Å². The van der Waals surface area contributed by atoms with Gasteiger partial charge in [-0.3, -0.25) is 4.79 Å². The molecule has 5 nitrogen and oxygen atoms in total. The minimum atomic E-state index is -0.294. The van der Waals surface area contributed by atoms with Crippen molar-refractivity contribution in [1.29, 1.82) is 0 Å². The van der Waals surface area contributed by atoms with Gasteiger partial charge in [-0.2, -0.15) is 0 Å². The van der Waals surface area contributed by atoms with Gasteiger partial charge >= 0.3 is 0 Å². The van der Waals surface area contributed by atoms with Crippen molar-refractivity contribution in [2.75, 3.05) is 13.2 Å². The lowest BCUT2D eigenvalue weighted by atomic mass is 10.3. The van der Waals surface area contributed by atoms with E-state index in [-0.39, 0.29) is 19.1 Å². The molecule has 0 saturated heterocycles. The predicted octanol–water partition coefficient (Wildman–Crippen LogP) is 1.36. The molecule has 18 heavy (non-hydrogen) atoms. The fraction of sp³-hybridized carbons (Fsp3) is 0.167. The summed E-state index contributed by atoms with van der Waals surface area (Å²) in [6.07, 6.45) is 3.23. The second-order valence-corrected chi connectivity index (χ2v) is 4.54. The van der Waals surface area contributed by atoms with Gasteiger partial charge in [0.05, 0.1) is 6.61 Å². The smallest absolute Gasteiger partial charge is 0.271 e. The molecule has 1 amide bonds. The molecule has 0 saturated carbocycles. The second-order valence-electron chi connectivity index (χ2n) is 3.63. The minimum absolute atomic E-state index is 0.0852. The number of imidazole rings is 1. The molecule has 1 heterocycles. The summed E-state index contributed by atoms with van der Waals surface area (Å²) in [7, 11) is 0. The largest absolute Gasteiger partial charge is 0.395 e. The summed E-state index contributed by atoms with van der Waals surface area (Å²) in [5.74, 6) is -0.294. The first-order valence-corrected chi connectivity index (χ1v) is 6.19. The van der Waals surface area contributed by atoms with Crippen LogP contribution in [0.25, 0.3) is 5.69 Å². The molecule has 2 aromatic rings. The Labute approximate surface area is 113 Å². The van der Waals surface area contributed by atoms with E-state index in [9.17, 15) is 4.79 Å². The molecule has 6 heteroatoms. The number of rotatable bonds is 4. The highest BCUT2D eigenvalue weighted by Crippen LogP contribution is 2.15. The van der Waals surface area contributed by atoms with Crippen LogP contribution in [0.4, 0.5) is 0 Å². The third kappa shape index (κ3) is 2.96. The van der Waals surface area contributed by atoms with Gasteiger partial charge in [-0.15, -0.1) is 0 Å². The maximum Gasteiger partial charge on any atom is 0.271 e. The quantitative estimate of drug-likeness (QED) is 0.896. The Hall–Kier alpha value is -1.66. The maximum absolute atomic E-state index is 11.6. The Morgan fingerprint density at radius 3 is 3.06 bits per heavy atom. The van der Waals surface area contributed by atoms with Crippen LogP contribution in [-0.2, 0) is 0 Å². The molecule has 2 N–H and O–H groups in total. The zero-order valence-electron chi connectivity index (χ0n) is 9.51. The van der Waals surface area contributed by atoms with Crippen LogP contribution in [0.5, 0.6) is 0 Å². The Morgan fingerprint density at radius 1 is 1.50 bits per heavy atom. The van der Waals surface area contributed by atoms with Crippen molar-refractivity contribution in [2.45, 2.75) is 0 Å². The molecular weight excluding hydrogens is 298 g/mol. The molecule has 2 rings (SSSR count). The van der Waals surface area contributed by atoms with E-state index in [2.05, 4.69) is 26.2 Å². The monoisotopic (exact) mass is 309 g/mol. The van der Waals surface area contributed by atoms with Gasteiger partial charge in [0.15, 0.2) is 0 Å². The Kier molecular flexibility index (Phi) is 4.11. The van der Waals surface area contributed by atoms with Crippen LogP contribution < -0.4 is 5.32 Å². The molecule has 0 atom stereocenters. The van der Waals surface area contributed by atoms with E-state index in [1.807, 2.05) is 24.3 Å². The van der Waals surface area contributed by atoms with Gasteiger partial charge in [0.2, 0.25) is 0 Å². The van der Waals surface area contributed by atoms with Crippen LogP contribution in [0.3, 0.4) is 0 Å². The minimum Gasteiger partial charge on any atom is -0.395 e. The van der Waals surface area contributed by atoms with Gasteiger partial charge in [-0.1, -0.05) is 22.0 Å². The van der Waals surface area contributed by atoms with E-state index in [1.54, 1.807) is 17.1 Å². The topological polar surface area (TPSA) is 67.2 Å². The molecule has 0 aliphatic heterocycles. The normalized spacial score (nSPS) is 10.3. The fourth-order valence-corrected chi connectivity index (χ4v) is 1.87. The number of nitrogens with zero attached hydrogens (tertiary/aromatic N) is 2. The van der Waals surface area contributed by atoms with Crippen LogP contribution in [0.2, 0.25) is 0 Å². The third-order valence-electron chi connectivity index (χ3n) is 2.32. The Morgan fingerprint density at radius 2 is 2.33 bits per heavy atom. The SMILES string of the molecule is O=C(NCCO)c1cn(-c2cccc(Br)c2)cn1. The predicted molar refractivity (Wildman–Crippen MR) is 70.7 cm³/mol. The summed E-state index contributed by atoms with van der Waals surface area (Å²) in [5, 5.41) is 11.2. The lowest BCUT2D eigenvalue weighted by Gasteiger charge is -2.02. The van der Waals surface area contributed by atoms with Crippen molar-refractivity contribution in [2.24, 2.45) is 0 Å². The van der Waals surface area contributed by atoms with Crippen molar-refractivity contribution < 1.29 is 9.90 Å². The van der Waals surface area contributed by atoms with Crippen LogP contribution in [0, 0.1) is 0 Å². The molecule has 0 spiro atoms. The van der Waals surface area contributed by atoms with E-state index in [4.69, 9.17) is 5.11 Å². The first-order valence-electron chi connectivity index (χ1n) is 5.39. The van der Waals surface area contributed by atoms with Crippen LogP contribution in [-0.4, -0.2) is 33.7 Å². The molecule has 1 aromatic heterocycles. The van der Waals surface area contributed by atoms with E-state index in [1.165, 1.54) is 0 Å². The molecule has 0 aliphatic carbocycles. The number of aromatic nitrogens is 2. The lowest BCUT2D eigenvalue weighted by Crippen LogP contribution is -2.26. The van der Waals surface area contributed by atoms with Gasteiger partial charge in [0, 0.05) is 22.9 Å². The average molecular weight is 310 g/mol. The number of halogens is 1. The molecule has 94 valence electrons. The lowest BCUT2D eigenvalue weighted by molar-refractivity contribution is 0.0940. The van der Waals surface area contributed by atoms with Crippen LogP contribution in [0.1, 0.15) is 10.5 Å². The first kappa shape index (κ1) is 12.8. The number of hydrogen-bond acceptors (Lipinski definition) is 3. The van der Waals surface area contributed by atoms with Gasteiger partial charge in [-0.25, -0.2) is 4.98 Å². The zero-order valence-corrected chi connectivity index (χ0v) is 11.1. The van der Waals surface area contributed by atoms with Crippen molar-refractivity contribution in [3.8, 4) is 5.69 Å². The van der Waals surface area contributed by atoms with E-state index in [0.29, 0.717) is 5.69 Å². The van der Waals surface area contributed by atoms with Crippen molar-refractivity contribution >= 4 is 21.8 Å². The number of nitrogens with one attached hydrogen (secondary N) is 1. The molecule has 0 fully saturated rings. The van der Waals surface area contributed by atoms with Crippen LogP contribution in [0.15, 0.2) is 41.3 Å². The first-order chi connectivity index (χ1) is 8.70. The van der Waals surface area contributed by atoms with Crippen molar-refractivity contribution in [1.82, 2.24) is 14.9 Å². The third-order valence-corrected chi connectivity index (χ3v) is 2.81. The fourth-order valence-electron chi connectivity index (χ4n) is 1.48. The highest BCUT2D eigenvalue weighted by atomic mass is 79.9. The molecule has 0 bridgehead atoms. The average Bonchev–Trinajstić information content (AvgIpc) is 2.85. The van der Waals surface area contributed by atoms with Gasteiger partial charge < -0.3 is 15.0 Å². The number of hydrogen-bond donors (Lipinski definition) is 2. The number of aliphatic hydroxyl groups is 1. The van der Waals surface area contributed by atoms with Crippen molar-refractivity contribution in [3.05, 3.63) is 47.0 Å². The summed E-state index contributed by atoms with van der Waals surface area (Å²) in [5.41, 5.74) is 1.24. The number of aliphatic hydroxyl groups excluding tert-OH is 1. The van der Waals surface area contributed by atoms with E-state index in [0.717, 1.165) is 10.2 Å². The molecule has 0 aliphatic rings. The summed E-state index contributed by atoms with van der Waals surface area (Å²) in [4.78, 5) is 15.6. The molecular formula is C12H12BrN3O2. The van der Waals surface area contributed by atoms with E-state index < -0.39 is 0 Å². The molecule has 1 aromatic carbocycles. The number of carbonyl (C=O) groups excluding carboxylic acids is 1. The van der Waals surface area contributed by atoms with Gasteiger partial charge in [0.25, 0.3) is 5.91 Å². The zero-order chi connectivity index (χ0) is 13.0. The Balaban J connectivity index is 2.17. The number of amides is 1. The standard InChI is InChI=1S/C12H12BrN3O2/c13-9-2-1-3-10(6-9)16-7-11(15-8-16)12(18)14-4-5-17/h1-3,6-8,17H,4-5H2,(H,14,18). The second kappa shape index (κ2) is 5.79. The molecule has 0 unspecified atom stereocenters. The highest BCUT2D eigenvalue weighted by molar-refractivity contribution is 9.10. The summed E-state index contributed by atoms with van der Waals surface area (Å²) >= 11 is 3.39. The highest BCUT2D eigenvalue weighted by Gasteiger charge is 2.09. The van der Waals surface area contributed by atoms with Gasteiger partial charge in [0.1, 0.15) is 12.0 Å². The number of carbonyl (C=O) groups is 1. The Bertz CT molecular complexity index is 554. The van der Waals surface area contributed by atoms with Gasteiger partial charge in [-0.05, 0) is 18.2 Å². The summed E-state index contributed by atoms with van der Waals surface area (Å²) < 4.78 is 2.72. The maximum atomic E-state index is 11.6. The summed E-state index contributed by atoms with van der Waals surface area (Å²) in [6, 6.07) is 7.68. The number of benzene rings is 1. The summed E-state index contributed by atoms with van der Waals surface area (Å²) in [6.45, 7) is 0.140. The molecule has 0 radical (unpaired) electrons. The van der Waals surface area contributed by atoms with E-state index >= 15 is 0 Å².